The summed E-state index contributed by atoms with van der Waals surface area (Å²) in [5.41, 5.74) is 0.697. The van der Waals surface area contributed by atoms with Crippen LogP contribution < -0.4 is 9.47 Å². The topological polar surface area (TPSA) is 38.8 Å². The van der Waals surface area contributed by atoms with Crippen LogP contribution in [0, 0.1) is 0 Å². The lowest BCUT2D eigenvalue weighted by Gasteiger charge is -2.41. The van der Waals surface area contributed by atoms with Crippen LogP contribution in [0.3, 0.4) is 0 Å². The zero-order valence-corrected chi connectivity index (χ0v) is 13.7. The fraction of sp³-hybridized carbons (Fsp3) is 0.588. The van der Waals surface area contributed by atoms with Gasteiger partial charge in [-0.1, -0.05) is 6.07 Å². The molecule has 0 unspecified atom stereocenters. The summed E-state index contributed by atoms with van der Waals surface area (Å²) >= 11 is 0. The first-order valence-corrected chi connectivity index (χ1v) is 7.91. The quantitative estimate of drug-likeness (QED) is 0.844. The van der Waals surface area contributed by atoms with E-state index in [2.05, 4.69) is 9.64 Å². The monoisotopic (exact) mass is 343 g/mol. The summed E-state index contributed by atoms with van der Waals surface area (Å²) in [5, 5.41) is 0. The third-order valence-electron chi connectivity index (χ3n) is 5.32. The second-order valence-corrected chi connectivity index (χ2v) is 6.56. The van der Waals surface area contributed by atoms with Crippen molar-refractivity contribution in [2.45, 2.75) is 43.5 Å². The number of benzene rings is 1. The van der Waals surface area contributed by atoms with Crippen molar-refractivity contribution in [1.29, 1.82) is 0 Å². The van der Waals surface area contributed by atoms with Crippen LogP contribution in [0.1, 0.15) is 31.2 Å². The van der Waals surface area contributed by atoms with Crippen molar-refractivity contribution in [1.82, 2.24) is 4.90 Å². The number of nitrogens with zero attached hydrogens (tertiary/aromatic N) is 1. The van der Waals surface area contributed by atoms with Crippen LogP contribution in [0.15, 0.2) is 18.2 Å². The zero-order valence-electron chi connectivity index (χ0n) is 13.7. The minimum absolute atomic E-state index is 0.0596. The van der Waals surface area contributed by atoms with Crippen molar-refractivity contribution < 1.29 is 27.4 Å². The number of halogens is 3. The van der Waals surface area contributed by atoms with E-state index in [9.17, 15) is 18.0 Å². The number of hydrogen-bond donors (Lipinski definition) is 0. The van der Waals surface area contributed by atoms with Gasteiger partial charge in [0.25, 0.3) is 0 Å². The number of methoxy groups -OCH3 is 1. The Balaban J connectivity index is 1.98. The fourth-order valence-electron chi connectivity index (χ4n) is 4.11. The minimum Gasteiger partial charge on any atom is -0.493 e. The highest BCUT2D eigenvalue weighted by Gasteiger charge is 2.50. The Labute approximate surface area is 138 Å². The summed E-state index contributed by atoms with van der Waals surface area (Å²) in [6.45, 7) is 0.862. The van der Waals surface area contributed by atoms with Gasteiger partial charge in [-0.2, -0.15) is 0 Å². The maximum Gasteiger partial charge on any atom is 0.573 e. The first kappa shape index (κ1) is 17.1. The molecule has 1 aromatic rings. The predicted molar refractivity (Wildman–Crippen MR) is 81.2 cm³/mol. The van der Waals surface area contributed by atoms with Crippen LogP contribution >= 0.6 is 0 Å². The molecule has 0 aromatic heterocycles. The van der Waals surface area contributed by atoms with Gasteiger partial charge in [0.15, 0.2) is 11.5 Å². The second kappa shape index (κ2) is 5.95. The molecular formula is C17H20F3NO3. The molecule has 132 valence electrons. The largest absolute Gasteiger partial charge is 0.573 e. The van der Waals surface area contributed by atoms with Gasteiger partial charge in [-0.15, -0.1) is 13.2 Å². The molecular weight excluding hydrogens is 323 g/mol. The van der Waals surface area contributed by atoms with E-state index in [1.165, 1.54) is 13.2 Å². The average molecular weight is 343 g/mol. The van der Waals surface area contributed by atoms with Gasteiger partial charge in [0.2, 0.25) is 0 Å². The number of Topliss-reactive ketones (excluding diaryl/α,β-unsaturated/α-hetero) is 1. The lowest BCUT2D eigenvalue weighted by Crippen LogP contribution is -2.46. The van der Waals surface area contributed by atoms with Gasteiger partial charge >= 0.3 is 6.36 Å². The van der Waals surface area contributed by atoms with Crippen LogP contribution in [-0.4, -0.2) is 43.8 Å². The molecule has 0 radical (unpaired) electrons. The fourth-order valence-corrected chi connectivity index (χ4v) is 4.11. The molecule has 4 nitrogen and oxygen atoms in total. The number of likely N-dealkylation sites (N-methyl/N-ethyl adjacent to an activating group) is 1. The normalized spacial score (nSPS) is 27.9. The first-order chi connectivity index (χ1) is 11.2. The van der Waals surface area contributed by atoms with Crippen LogP contribution in [0.2, 0.25) is 0 Å². The Bertz CT molecular complexity index is 646. The number of alkyl halides is 3. The van der Waals surface area contributed by atoms with E-state index in [0.717, 1.165) is 18.5 Å². The standard InChI is InChI=1S/C17H20F3NO3/c1-21-8-7-16(6-5-12(22)10-15(16)21)11-3-4-13(14(9-11)23-2)24-17(18,19)20/h3-4,9,15H,5-8,10H2,1-2H3/t15-,16-/m0/s1. The zero-order chi connectivity index (χ0) is 17.5. The number of rotatable bonds is 3. The van der Waals surface area contributed by atoms with Crippen LogP contribution in [-0.2, 0) is 10.2 Å². The van der Waals surface area contributed by atoms with Crippen molar-refractivity contribution in [2.24, 2.45) is 0 Å². The van der Waals surface area contributed by atoms with Crippen molar-refractivity contribution in [3.63, 3.8) is 0 Å². The molecule has 3 rings (SSSR count). The van der Waals surface area contributed by atoms with Crippen LogP contribution in [0.5, 0.6) is 11.5 Å². The number of likely N-dealkylation sites (tertiary alicyclic amines) is 1. The Morgan fingerprint density at radius 2 is 2.00 bits per heavy atom. The van der Waals surface area contributed by atoms with E-state index in [-0.39, 0.29) is 28.7 Å². The molecule has 1 saturated heterocycles. The molecule has 2 fully saturated rings. The molecule has 0 amide bonds. The Morgan fingerprint density at radius 1 is 1.25 bits per heavy atom. The van der Waals surface area contributed by atoms with E-state index in [1.807, 2.05) is 7.05 Å². The van der Waals surface area contributed by atoms with Crippen molar-refractivity contribution >= 4 is 5.78 Å². The molecule has 1 saturated carbocycles. The Morgan fingerprint density at radius 3 is 2.67 bits per heavy atom. The number of carbonyl (C=O) groups is 1. The molecule has 0 N–H and O–H groups in total. The summed E-state index contributed by atoms with van der Waals surface area (Å²) in [7, 11) is 3.31. The number of fused-ring (bicyclic) bond motifs is 1. The van der Waals surface area contributed by atoms with Crippen molar-refractivity contribution in [3.05, 3.63) is 23.8 Å². The molecule has 0 spiro atoms. The van der Waals surface area contributed by atoms with E-state index < -0.39 is 6.36 Å². The molecule has 7 heteroatoms. The first-order valence-electron chi connectivity index (χ1n) is 7.91. The maximum absolute atomic E-state index is 12.5. The highest BCUT2D eigenvalue weighted by atomic mass is 19.4. The maximum atomic E-state index is 12.5. The van der Waals surface area contributed by atoms with Gasteiger partial charge in [-0.05, 0) is 44.1 Å². The highest BCUT2D eigenvalue weighted by molar-refractivity contribution is 5.81. The van der Waals surface area contributed by atoms with Gasteiger partial charge in [0, 0.05) is 24.3 Å². The van der Waals surface area contributed by atoms with Gasteiger partial charge in [-0.3, -0.25) is 4.79 Å². The molecule has 2 aliphatic rings. The minimum atomic E-state index is -4.76. The van der Waals surface area contributed by atoms with E-state index in [0.29, 0.717) is 19.3 Å². The molecule has 1 aliphatic carbocycles. The molecule has 1 heterocycles. The summed E-state index contributed by atoms with van der Waals surface area (Å²) in [4.78, 5) is 14.0. The molecule has 0 bridgehead atoms. The lowest BCUT2D eigenvalue weighted by atomic mass is 9.66. The van der Waals surface area contributed by atoms with Crippen LogP contribution in [0.25, 0.3) is 0 Å². The highest BCUT2D eigenvalue weighted by Crippen LogP contribution is 2.49. The van der Waals surface area contributed by atoms with Crippen LogP contribution in [0.4, 0.5) is 13.2 Å². The summed E-state index contributed by atoms with van der Waals surface area (Å²) in [6.07, 6.45) is -2.18. The van der Waals surface area contributed by atoms with Gasteiger partial charge in [0.05, 0.1) is 7.11 Å². The third-order valence-corrected chi connectivity index (χ3v) is 5.32. The van der Waals surface area contributed by atoms with Gasteiger partial charge < -0.3 is 14.4 Å². The SMILES string of the molecule is COc1cc([C@@]23CCC(=O)C[C@@H]2N(C)CC3)ccc1OC(F)(F)F. The number of ketones is 1. The van der Waals surface area contributed by atoms with E-state index in [1.54, 1.807) is 12.1 Å². The molecule has 1 aliphatic heterocycles. The number of ether oxygens (including phenoxy) is 2. The van der Waals surface area contributed by atoms with Crippen molar-refractivity contribution in [3.8, 4) is 11.5 Å². The van der Waals surface area contributed by atoms with Gasteiger partial charge in [-0.25, -0.2) is 0 Å². The predicted octanol–water partition coefficient (Wildman–Crippen LogP) is 3.29. The van der Waals surface area contributed by atoms with E-state index >= 15 is 0 Å². The average Bonchev–Trinajstić information content (AvgIpc) is 2.84. The Hall–Kier alpha value is -1.76. The summed E-state index contributed by atoms with van der Waals surface area (Å²) in [6, 6.07) is 4.69. The van der Waals surface area contributed by atoms with E-state index in [4.69, 9.17) is 4.74 Å². The summed E-state index contributed by atoms with van der Waals surface area (Å²) < 4.78 is 46.6. The number of hydrogen-bond acceptors (Lipinski definition) is 4. The molecule has 24 heavy (non-hydrogen) atoms. The molecule has 2 atom stereocenters. The summed E-state index contributed by atoms with van der Waals surface area (Å²) in [5.74, 6) is -0.0438. The second-order valence-electron chi connectivity index (χ2n) is 6.56. The molecule has 1 aromatic carbocycles. The number of carbonyl (C=O) groups excluding carboxylic acids is 1. The Kier molecular flexibility index (Phi) is 4.23. The smallest absolute Gasteiger partial charge is 0.493 e. The third kappa shape index (κ3) is 2.97. The van der Waals surface area contributed by atoms with Gasteiger partial charge in [0.1, 0.15) is 5.78 Å². The lowest BCUT2D eigenvalue weighted by molar-refractivity contribution is -0.275. The van der Waals surface area contributed by atoms with Crippen molar-refractivity contribution in [2.75, 3.05) is 20.7 Å².